The van der Waals surface area contributed by atoms with Gasteiger partial charge in [0.05, 0.1) is 12.1 Å². The molecule has 2 unspecified atom stereocenters. The standard InChI is InChI=1S/C20H19BrClFN2O3/c21-10-6-14-17(16(7-10)24-19(27)9-1-3-12(26)5-9)18(25-20(14)28)13-8-11(23)2-4-15(13)22/h2,4,6,8-10,12,18,26H,1,3,5,7H2,(H,24,27)(H,25,28)/t9-,10?,12+,18?/m1/s1. The molecule has 148 valence electrons. The minimum Gasteiger partial charge on any atom is -0.393 e. The van der Waals surface area contributed by atoms with Crippen molar-refractivity contribution >= 4 is 39.3 Å². The van der Waals surface area contributed by atoms with Gasteiger partial charge in [0.2, 0.25) is 5.91 Å². The summed E-state index contributed by atoms with van der Waals surface area (Å²) >= 11 is 9.78. The van der Waals surface area contributed by atoms with Crippen LogP contribution in [0.5, 0.6) is 0 Å². The maximum Gasteiger partial charge on any atom is 0.252 e. The highest BCUT2D eigenvalue weighted by atomic mass is 79.9. The van der Waals surface area contributed by atoms with E-state index in [9.17, 15) is 19.1 Å². The Balaban J connectivity index is 1.72. The predicted molar refractivity (Wildman–Crippen MR) is 106 cm³/mol. The van der Waals surface area contributed by atoms with Crippen LogP contribution in [0.3, 0.4) is 0 Å². The number of fused-ring (bicyclic) bond motifs is 1. The number of aliphatic hydroxyl groups excluding tert-OH is 1. The third kappa shape index (κ3) is 3.63. The number of rotatable bonds is 3. The van der Waals surface area contributed by atoms with Crippen molar-refractivity contribution in [2.24, 2.45) is 5.92 Å². The first kappa shape index (κ1) is 19.6. The Bertz CT molecular complexity index is 917. The Hall–Kier alpha value is -1.70. The number of hydrogen-bond acceptors (Lipinski definition) is 3. The molecule has 5 nitrogen and oxygen atoms in total. The minimum atomic E-state index is -0.633. The lowest BCUT2D eigenvalue weighted by molar-refractivity contribution is -0.124. The van der Waals surface area contributed by atoms with Crippen molar-refractivity contribution < 1.29 is 19.1 Å². The van der Waals surface area contributed by atoms with Gasteiger partial charge in [0.15, 0.2) is 0 Å². The number of hydrogen-bond donors (Lipinski definition) is 3. The molecular weight excluding hydrogens is 451 g/mol. The molecule has 4 rings (SSSR count). The third-order valence-corrected chi connectivity index (χ3v) is 6.42. The zero-order valence-corrected chi connectivity index (χ0v) is 17.2. The summed E-state index contributed by atoms with van der Waals surface area (Å²) in [5, 5.41) is 15.9. The monoisotopic (exact) mass is 468 g/mol. The molecule has 1 saturated carbocycles. The molecule has 1 aromatic carbocycles. The lowest BCUT2D eigenvalue weighted by Gasteiger charge is -2.24. The van der Waals surface area contributed by atoms with Gasteiger partial charge >= 0.3 is 0 Å². The van der Waals surface area contributed by atoms with Crippen LogP contribution in [0, 0.1) is 11.7 Å². The van der Waals surface area contributed by atoms with Crippen LogP contribution in [-0.4, -0.2) is 27.9 Å². The van der Waals surface area contributed by atoms with Crippen LogP contribution in [0.1, 0.15) is 37.3 Å². The fourth-order valence-corrected chi connectivity index (χ4v) is 4.95. The molecule has 2 aliphatic carbocycles. The maximum absolute atomic E-state index is 13.8. The van der Waals surface area contributed by atoms with Crippen molar-refractivity contribution in [3.63, 3.8) is 0 Å². The number of carbonyl (C=O) groups is 2. The van der Waals surface area contributed by atoms with E-state index >= 15 is 0 Å². The Morgan fingerprint density at radius 2 is 2.14 bits per heavy atom. The molecule has 0 spiro atoms. The van der Waals surface area contributed by atoms with Crippen LogP contribution in [0.4, 0.5) is 4.39 Å². The van der Waals surface area contributed by atoms with E-state index in [0.29, 0.717) is 53.1 Å². The molecule has 3 aliphatic rings. The fourth-order valence-electron chi connectivity index (χ4n) is 4.14. The van der Waals surface area contributed by atoms with Gasteiger partial charge in [0.25, 0.3) is 5.91 Å². The highest BCUT2D eigenvalue weighted by molar-refractivity contribution is 9.09. The molecule has 2 fully saturated rings. The molecule has 1 aromatic rings. The van der Waals surface area contributed by atoms with Gasteiger partial charge < -0.3 is 15.7 Å². The minimum absolute atomic E-state index is 0.108. The molecule has 0 radical (unpaired) electrons. The smallest absolute Gasteiger partial charge is 0.252 e. The van der Waals surface area contributed by atoms with E-state index in [0.717, 1.165) is 0 Å². The number of carbonyl (C=O) groups excluding carboxylic acids is 2. The van der Waals surface area contributed by atoms with Crippen molar-refractivity contribution in [1.29, 1.82) is 0 Å². The van der Waals surface area contributed by atoms with E-state index in [-0.39, 0.29) is 22.6 Å². The summed E-state index contributed by atoms with van der Waals surface area (Å²) in [6.07, 6.45) is 3.51. The van der Waals surface area contributed by atoms with Crippen molar-refractivity contribution in [2.45, 2.75) is 42.7 Å². The number of alkyl halides is 1. The first-order valence-corrected chi connectivity index (χ1v) is 10.5. The van der Waals surface area contributed by atoms with Crippen LogP contribution >= 0.6 is 27.5 Å². The second-order valence-electron chi connectivity index (χ2n) is 7.42. The van der Waals surface area contributed by atoms with E-state index in [1.807, 2.05) is 0 Å². The number of nitrogens with one attached hydrogen (secondary N) is 2. The van der Waals surface area contributed by atoms with Crippen molar-refractivity contribution in [3.05, 3.63) is 57.5 Å². The molecule has 1 saturated heterocycles. The number of amides is 2. The second kappa shape index (κ2) is 7.61. The Morgan fingerprint density at radius 3 is 2.86 bits per heavy atom. The number of halogens is 3. The van der Waals surface area contributed by atoms with E-state index in [4.69, 9.17) is 11.6 Å². The molecule has 28 heavy (non-hydrogen) atoms. The molecule has 2 amide bonds. The molecule has 3 N–H and O–H groups in total. The highest BCUT2D eigenvalue weighted by Crippen LogP contribution is 2.42. The van der Waals surface area contributed by atoms with Crippen LogP contribution in [0.25, 0.3) is 0 Å². The number of aliphatic hydroxyl groups is 1. The Morgan fingerprint density at radius 1 is 1.36 bits per heavy atom. The molecule has 1 aliphatic heterocycles. The summed E-state index contributed by atoms with van der Waals surface area (Å²) in [4.78, 5) is 25.2. The SMILES string of the molecule is O=C1NC(c2cc(F)ccc2Cl)C2=C(NC(=O)[C@@H]3CC[C@H](O)C3)CC(Br)C=C12. The van der Waals surface area contributed by atoms with Crippen molar-refractivity contribution in [3.8, 4) is 0 Å². The summed E-state index contributed by atoms with van der Waals surface area (Å²) in [5.41, 5.74) is 2.15. The normalized spacial score (nSPS) is 29.4. The topological polar surface area (TPSA) is 78.4 Å². The second-order valence-corrected chi connectivity index (χ2v) is 9.00. The summed E-state index contributed by atoms with van der Waals surface area (Å²) in [7, 11) is 0. The summed E-state index contributed by atoms with van der Waals surface area (Å²) in [6.45, 7) is 0. The van der Waals surface area contributed by atoms with Gasteiger partial charge in [-0.25, -0.2) is 4.39 Å². The molecule has 0 aromatic heterocycles. The average molecular weight is 470 g/mol. The van der Waals surface area contributed by atoms with Crippen LogP contribution in [0.2, 0.25) is 5.02 Å². The van der Waals surface area contributed by atoms with Gasteiger partial charge in [0, 0.05) is 44.6 Å². The quantitative estimate of drug-likeness (QED) is 0.595. The largest absolute Gasteiger partial charge is 0.393 e. The Kier molecular flexibility index (Phi) is 5.33. The van der Waals surface area contributed by atoms with Gasteiger partial charge in [-0.3, -0.25) is 9.59 Å². The van der Waals surface area contributed by atoms with E-state index in [1.165, 1.54) is 18.2 Å². The van der Waals surface area contributed by atoms with Gasteiger partial charge in [-0.05, 0) is 37.5 Å². The molecule has 8 heteroatoms. The van der Waals surface area contributed by atoms with Crippen LogP contribution < -0.4 is 10.6 Å². The zero-order valence-electron chi connectivity index (χ0n) is 14.8. The predicted octanol–water partition coefficient (Wildman–Crippen LogP) is 3.27. The van der Waals surface area contributed by atoms with E-state index < -0.39 is 18.0 Å². The zero-order chi connectivity index (χ0) is 20.0. The summed E-state index contributed by atoms with van der Waals surface area (Å²) in [5.74, 6) is -1.16. The fraction of sp³-hybridized carbons (Fsp3) is 0.400. The van der Waals surface area contributed by atoms with Gasteiger partial charge in [-0.15, -0.1) is 0 Å². The third-order valence-electron chi connectivity index (χ3n) is 5.49. The molecular formula is C20H19BrClFN2O3. The first-order valence-electron chi connectivity index (χ1n) is 9.17. The van der Waals surface area contributed by atoms with Gasteiger partial charge in [-0.1, -0.05) is 33.6 Å². The molecule has 0 bridgehead atoms. The summed E-state index contributed by atoms with van der Waals surface area (Å²) in [6, 6.07) is 3.38. The molecule has 4 atom stereocenters. The van der Waals surface area contributed by atoms with Crippen LogP contribution in [-0.2, 0) is 9.59 Å². The van der Waals surface area contributed by atoms with E-state index in [2.05, 4.69) is 26.6 Å². The Labute approximate surface area is 175 Å². The number of benzene rings is 1. The van der Waals surface area contributed by atoms with Gasteiger partial charge in [-0.2, -0.15) is 0 Å². The van der Waals surface area contributed by atoms with Gasteiger partial charge in [0.1, 0.15) is 5.82 Å². The first-order chi connectivity index (χ1) is 13.3. The molecule has 1 heterocycles. The van der Waals surface area contributed by atoms with E-state index in [1.54, 1.807) is 6.08 Å². The highest BCUT2D eigenvalue weighted by Gasteiger charge is 2.40. The van der Waals surface area contributed by atoms with Crippen LogP contribution in [0.15, 0.2) is 41.1 Å². The van der Waals surface area contributed by atoms with Crippen molar-refractivity contribution in [2.75, 3.05) is 0 Å². The lowest BCUT2D eigenvalue weighted by Crippen LogP contribution is -2.32. The van der Waals surface area contributed by atoms with Crippen molar-refractivity contribution in [1.82, 2.24) is 10.6 Å². The number of allylic oxidation sites excluding steroid dienone is 2. The lowest BCUT2D eigenvalue weighted by atomic mass is 9.89. The average Bonchev–Trinajstić information content (AvgIpc) is 3.21. The maximum atomic E-state index is 13.8. The summed E-state index contributed by atoms with van der Waals surface area (Å²) < 4.78 is 13.8.